The van der Waals surface area contributed by atoms with Crippen molar-refractivity contribution in [1.29, 1.82) is 0 Å². The largest absolute Gasteiger partial charge is 0.465 e. The molecular weight excluding hydrogens is 196 g/mol. The van der Waals surface area contributed by atoms with Gasteiger partial charge in [0.2, 0.25) is 0 Å². The standard InChI is InChI=1S/C11H20O4/c1-3-5-7-14-10(12)9-11(13)15-8-6-4-2/h3-9H2,1-2H3. The van der Waals surface area contributed by atoms with Crippen molar-refractivity contribution in [2.75, 3.05) is 13.2 Å². The second kappa shape index (κ2) is 9.49. The van der Waals surface area contributed by atoms with Crippen molar-refractivity contribution in [3.05, 3.63) is 0 Å². The maximum Gasteiger partial charge on any atom is 0.317 e. The number of unbranched alkanes of at least 4 members (excludes halogenated alkanes) is 2. The van der Waals surface area contributed by atoms with Gasteiger partial charge in [-0.2, -0.15) is 0 Å². The lowest BCUT2D eigenvalue weighted by molar-refractivity contribution is -0.154. The summed E-state index contributed by atoms with van der Waals surface area (Å²) in [6.07, 6.45) is 3.32. The molecule has 0 aromatic rings. The summed E-state index contributed by atoms with van der Waals surface area (Å²) < 4.78 is 9.64. The number of esters is 2. The number of rotatable bonds is 8. The lowest BCUT2D eigenvalue weighted by Crippen LogP contribution is -2.14. The summed E-state index contributed by atoms with van der Waals surface area (Å²) in [6.45, 7) is 4.79. The van der Waals surface area contributed by atoms with E-state index in [0.29, 0.717) is 13.2 Å². The van der Waals surface area contributed by atoms with Crippen LogP contribution in [0.25, 0.3) is 0 Å². The number of carbonyl (C=O) groups excluding carboxylic acids is 2. The number of hydrogen-bond acceptors (Lipinski definition) is 4. The number of carbonyl (C=O) groups is 2. The molecule has 0 aliphatic rings. The van der Waals surface area contributed by atoms with Gasteiger partial charge in [0.15, 0.2) is 0 Å². The summed E-state index contributed by atoms with van der Waals surface area (Å²) in [5, 5.41) is 0. The summed E-state index contributed by atoms with van der Waals surface area (Å²) in [5.74, 6) is -0.991. The van der Waals surface area contributed by atoms with Gasteiger partial charge < -0.3 is 9.47 Å². The zero-order valence-electron chi connectivity index (χ0n) is 9.58. The Morgan fingerprint density at radius 1 is 0.867 bits per heavy atom. The molecule has 0 aromatic heterocycles. The Morgan fingerprint density at radius 2 is 1.27 bits per heavy atom. The Hall–Kier alpha value is -1.06. The quantitative estimate of drug-likeness (QED) is 0.354. The van der Waals surface area contributed by atoms with E-state index < -0.39 is 11.9 Å². The molecule has 0 radical (unpaired) electrons. The van der Waals surface area contributed by atoms with Gasteiger partial charge in [-0.05, 0) is 12.8 Å². The highest BCUT2D eigenvalue weighted by molar-refractivity contribution is 5.91. The Morgan fingerprint density at radius 3 is 1.60 bits per heavy atom. The fraction of sp³-hybridized carbons (Fsp3) is 0.818. The zero-order valence-corrected chi connectivity index (χ0v) is 9.58. The van der Waals surface area contributed by atoms with Gasteiger partial charge >= 0.3 is 11.9 Å². The highest BCUT2D eigenvalue weighted by Crippen LogP contribution is 1.96. The van der Waals surface area contributed by atoms with Crippen LogP contribution < -0.4 is 0 Å². The normalized spacial score (nSPS) is 9.73. The Kier molecular flexibility index (Phi) is 8.82. The summed E-state index contributed by atoms with van der Waals surface area (Å²) >= 11 is 0. The van der Waals surface area contributed by atoms with E-state index in [4.69, 9.17) is 9.47 Å². The van der Waals surface area contributed by atoms with Crippen molar-refractivity contribution in [3.63, 3.8) is 0 Å². The minimum Gasteiger partial charge on any atom is -0.465 e. The average molecular weight is 216 g/mol. The molecule has 88 valence electrons. The zero-order chi connectivity index (χ0) is 11.5. The predicted molar refractivity (Wildman–Crippen MR) is 56.4 cm³/mol. The maximum absolute atomic E-state index is 11.0. The summed E-state index contributed by atoms with van der Waals surface area (Å²) in [4.78, 5) is 22.1. The molecule has 4 nitrogen and oxygen atoms in total. The monoisotopic (exact) mass is 216 g/mol. The van der Waals surface area contributed by atoms with Crippen molar-refractivity contribution in [2.24, 2.45) is 0 Å². The van der Waals surface area contributed by atoms with E-state index in [0.717, 1.165) is 25.7 Å². The molecule has 0 saturated carbocycles. The van der Waals surface area contributed by atoms with Crippen LogP contribution >= 0.6 is 0 Å². The van der Waals surface area contributed by atoms with Crippen LogP contribution in [0.15, 0.2) is 0 Å². The minimum absolute atomic E-state index is 0.270. The first kappa shape index (κ1) is 13.9. The van der Waals surface area contributed by atoms with E-state index in [2.05, 4.69) is 0 Å². The average Bonchev–Trinajstić information content (AvgIpc) is 2.18. The van der Waals surface area contributed by atoms with E-state index in [1.54, 1.807) is 0 Å². The van der Waals surface area contributed by atoms with Crippen molar-refractivity contribution >= 4 is 11.9 Å². The fourth-order valence-corrected chi connectivity index (χ4v) is 0.881. The van der Waals surface area contributed by atoms with E-state index in [1.165, 1.54) is 0 Å². The van der Waals surface area contributed by atoms with Gasteiger partial charge in [0.1, 0.15) is 6.42 Å². The molecule has 15 heavy (non-hydrogen) atoms. The maximum atomic E-state index is 11.0. The Balaban J connectivity index is 3.45. The van der Waals surface area contributed by atoms with Crippen LogP contribution in [0.3, 0.4) is 0 Å². The van der Waals surface area contributed by atoms with E-state index in [1.807, 2.05) is 13.8 Å². The van der Waals surface area contributed by atoms with Crippen molar-refractivity contribution in [1.82, 2.24) is 0 Å². The highest BCUT2D eigenvalue weighted by Gasteiger charge is 2.11. The number of ether oxygens (including phenoxy) is 2. The number of hydrogen-bond donors (Lipinski definition) is 0. The molecule has 0 spiro atoms. The molecule has 4 heteroatoms. The first-order chi connectivity index (χ1) is 7.20. The minimum atomic E-state index is -0.495. The van der Waals surface area contributed by atoms with Crippen molar-refractivity contribution in [2.45, 2.75) is 46.0 Å². The molecule has 0 fully saturated rings. The van der Waals surface area contributed by atoms with Crippen molar-refractivity contribution < 1.29 is 19.1 Å². The van der Waals surface area contributed by atoms with E-state index in [-0.39, 0.29) is 6.42 Å². The molecule has 0 aliphatic heterocycles. The van der Waals surface area contributed by atoms with Crippen LogP contribution in [0.2, 0.25) is 0 Å². The molecule has 0 amide bonds. The summed E-state index contributed by atoms with van der Waals surface area (Å²) in [7, 11) is 0. The molecule has 0 saturated heterocycles. The lowest BCUT2D eigenvalue weighted by atomic mass is 10.3. The van der Waals surface area contributed by atoms with Crippen LogP contribution in [-0.2, 0) is 19.1 Å². The van der Waals surface area contributed by atoms with Crippen LogP contribution in [0.1, 0.15) is 46.0 Å². The molecular formula is C11H20O4. The molecule has 0 aromatic carbocycles. The van der Waals surface area contributed by atoms with Gasteiger partial charge in [-0.3, -0.25) is 9.59 Å². The second-order valence-corrected chi connectivity index (χ2v) is 3.32. The summed E-state index contributed by atoms with van der Waals surface area (Å²) in [6, 6.07) is 0. The molecule has 0 heterocycles. The highest BCUT2D eigenvalue weighted by atomic mass is 16.6. The predicted octanol–water partition coefficient (Wildman–Crippen LogP) is 2.06. The SMILES string of the molecule is CCCCOC(=O)CC(=O)OCCCC. The smallest absolute Gasteiger partial charge is 0.317 e. The Labute approximate surface area is 90.9 Å². The lowest BCUT2D eigenvalue weighted by Gasteiger charge is -2.04. The van der Waals surface area contributed by atoms with E-state index in [9.17, 15) is 9.59 Å². The van der Waals surface area contributed by atoms with Crippen LogP contribution in [0, 0.1) is 0 Å². The first-order valence-electron chi connectivity index (χ1n) is 5.52. The second-order valence-electron chi connectivity index (χ2n) is 3.32. The van der Waals surface area contributed by atoms with Crippen molar-refractivity contribution in [3.8, 4) is 0 Å². The molecule has 0 aliphatic carbocycles. The van der Waals surface area contributed by atoms with Gasteiger partial charge in [0.25, 0.3) is 0 Å². The molecule has 0 rings (SSSR count). The van der Waals surface area contributed by atoms with Gasteiger partial charge in [-0.25, -0.2) is 0 Å². The van der Waals surface area contributed by atoms with Gasteiger partial charge in [0, 0.05) is 0 Å². The third-order valence-corrected chi connectivity index (χ3v) is 1.81. The molecule has 0 bridgehead atoms. The molecule has 0 unspecified atom stereocenters. The first-order valence-corrected chi connectivity index (χ1v) is 5.52. The fourth-order valence-electron chi connectivity index (χ4n) is 0.881. The van der Waals surface area contributed by atoms with Crippen LogP contribution in [-0.4, -0.2) is 25.2 Å². The summed E-state index contributed by atoms with van der Waals surface area (Å²) in [5.41, 5.74) is 0. The van der Waals surface area contributed by atoms with Gasteiger partial charge in [-0.15, -0.1) is 0 Å². The third-order valence-electron chi connectivity index (χ3n) is 1.81. The van der Waals surface area contributed by atoms with Crippen LogP contribution in [0.4, 0.5) is 0 Å². The van der Waals surface area contributed by atoms with Crippen LogP contribution in [0.5, 0.6) is 0 Å². The van der Waals surface area contributed by atoms with E-state index >= 15 is 0 Å². The van der Waals surface area contributed by atoms with Gasteiger partial charge in [-0.1, -0.05) is 26.7 Å². The third kappa shape index (κ3) is 9.25. The Bertz CT molecular complexity index is 169. The topological polar surface area (TPSA) is 52.6 Å². The molecule has 0 atom stereocenters. The van der Waals surface area contributed by atoms with Gasteiger partial charge in [0.05, 0.1) is 13.2 Å². The molecule has 0 N–H and O–H groups in total.